The molecule has 1 saturated heterocycles. The fraction of sp³-hybridized carbons (Fsp3) is 0.692. The first-order chi connectivity index (χ1) is 9.08. The van der Waals surface area contributed by atoms with Gasteiger partial charge in [0.1, 0.15) is 17.5 Å². The molecule has 0 radical (unpaired) electrons. The molecule has 0 aromatic carbocycles. The van der Waals surface area contributed by atoms with Gasteiger partial charge in [0.25, 0.3) is 0 Å². The Labute approximate surface area is 114 Å². The molecule has 1 aliphatic heterocycles. The van der Waals surface area contributed by atoms with Gasteiger partial charge >= 0.3 is 0 Å². The first-order valence-electron chi connectivity index (χ1n) is 6.89. The number of anilines is 2. The topological polar surface area (TPSA) is 79.1 Å². The summed E-state index contributed by atoms with van der Waals surface area (Å²) in [6, 6.07) is 2.31. The summed E-state index contributed by atoms with van der Waals surface area (Å²) in [6.45, 7) is 6.38. The Morgan fingerprint density at radius 3 is 2.74 bits per heavy atom. The normalized spacial score (nSPS) is 20.6. The van der Waals surface area contributed by atoms with Gasteiger partial charge in [-0.25, -0.2) is 15.8 Å². The highest BCUT2D eigenvalue weighted by Gasteiger charge is 2.18. The number of likely N-dealkylation sites (N-methyl/N-ethyl adjacent to an activating group) is 1. The molecule has 1 aliphatic rings. The third-order valence-electron chi connectivity index (χ3n) is 3.38. The first kappa shape index (κ1) is 14.0. The lowest BCUT2D eigenvalue weighted by Crippen LogP contribution is -2.40. The van der Waals surface area contributed by atoms with Gasteiger partial charge in [-0.05, 0) is 26.4 Å². The second kappa shape index (κ2) is 6.16. The molecule has 0 aliphatic carbocycles. The van der Waals surface area contributed by atoms with Crippen LogP contribution in [0.5, 0.6) is 0 Å². The van der Waals surface area contributed by atoms with E-state index in [9.17, 15) is 0 Å². The smallest absolute Gasteiger partial charge is 0.145 e. The summed E-state index contributed by atoms with van der Waals surface area (Å²) < 4.78 is 0. The summed E-state index contributed by atoms with van der Waals surface area (Å²) in [6.07, 6.45) is 2.40. The highest BCUT2D eigenvalue weighted by molar-refractivity contribution is 5.47. The molecule has 1 unspecified atom stereocenters. The van der Waals surface area contributed by atoms with Crippen LogP contribution >= 0.6 is 0 Å². The maximum absolute atomic E-state index is 5.47. The van der Waals surface area contributed by atoms with E-state index < -0.39 is 0 Å². The van der Waals surface area contributed by atoms with Crippen molar-refractivity contribution in [2.75, 3.05) is 30.9 Å². The molecular formula is C13H24N6. The number of nitrogens with two attached hydrogens (primary N) is 1. The summed E-state index contributed by atoms with van der Waals surface area (Å²) in [5.74, 6) is 8.07. The molecular weight excluding hydrogens is 240 g/mol. The number of piperidine rings is 1. The van der Waals surface area contributed by atoms with Crippen LogP contribution in [-0.4, -0.2) is 41.0 Å². The third kappa shape index (κ3) is 3.78. The average molecular weight is 264 g/mol. The van der Waals surface area contributed by atoms with Crippen LogP contribution in [0.1, 0.15) is 38.4 Å². The van der Waals surface area contributed by atoms with Crippen LogP contribution in [0.15, 0.2) is 6.07 Å². The summed E-state index contributed by atoms with van der Waals surface area (Å²) in [7, 11) is 2.15. The van der Waals surface area contributed by atoms with Crippen LogP contribution in [0.3, 0.4) is 0 Å². The number of nitrogen functional groups attached to an aromatic ring is 1. The zero-order valence-electron chi connectivity index (χ0n) is 12.0. The van der Waals surface area contributed by atoms with E-state index in [4.69, 9.17) is 5.84 Å². The molecule has 6 nitrogen and oxygen atoms in total. The van der Waals surface area contributed by atoms with E-state index in [2.05, 4.69) is 46.5 Å². The monoisotopic (exact) mass is 264 g/mol. The SMILES string of the molecule is CC(C)c1nc(NN)cc(NC2CCCN(C)C2)n1. The van der Waals surface area contributed by atoms with E-state index in [1.165, 1.54) is 19.4 Å². The summed E-state index contributed by atoms with van der Waals surface area (Å²) >= 11 is 0. The number of hydrogen-bond donors (Lipinski definition) is 3. The molecule has 0 amide bonds. The van der Waals surface area contributed by atoms with Crippen molar-refractivity contribution in [1.82, 2.24) is 14.9 Å². The van der Waals surface area contributed by atoms with Crippen LogP contribution in [-0.2, 0) is 0 Å². The minimum atomic E-state index is 0.280. The van der Waals surface area contributed by atoms with Crippen LogP contribution in [0.2, 0.25) is 0 Å². The Hall–Kier alpha value is -1.40. The fourth-order valence-corrected chi connectivity index (χ4v) is 2.37. The van der Waals surface area contributed by atoms with Crippen molar-refractivity contribution in [2.45, 2.75) is 38.6 Å². The van der Waals surface area contributed by atoms with Gasteiger partial charge in [-0.1, -0.05) is 13.8 Å². The number of aromatic nitrogens is 2. The van der Waals surface area contributed by atoms with E-state index in [1.54, 1.807) is 0 Å². The van der Waals surface area contributed by atoms with Gasteiger partial charge in [-0.3, -0.25) is 0 Å². The molecule has 4 N–H and O–H groups in total. The lowest BCUT2D eigenvalue weighted by atomic mass is 10.1. The number of rotatable bonds is 4. The van der Waals surface area contributed by atoms with Gasteiger partial charge in [-0.15, -0.1) is 0 Å². The highest BCUT2D eigenvalue weighted by Crippen LogP contribution is 2.19. The number of hydrogen-bond acceptors (Lipinski definition) is 6. The van der Waals surface area contributed by atoms with E-state index in [0.717, 1.165) is 18.2 Å². The van der Waals surface area contributed by atoms with Crippen molar-refractivity contribution < 1.29 is 0 Å². The lowest BCUT2D eigenvalue weighted by molar-refractivity contribution is 0.260. The molecule has 1 atom stereocenters. The Morgan fingerprint density at radius 1 is 1.37 bits per heavy atom. The summed E-state index contributed by atoms with van der Waals surface area (Å²) in [4.78, 5) is 11.3. The zero-order valence-corrected chi connectivity index (χ0v) is 12.0. The van der Waals surface area contributed by atoms with E-state index in [0.29, 0.717) is 11.9 Å². The minimum Gasteiger partial charge on any atom is -0.366 e. The maximum Gasteiger partial charge on any atom is 0.145 e. The fourth-order valence-electron chi connectivity index (χ4n) is 2.37. The van der Waals surface area contributed by atoms with Gasteiger partial charge in [0.05, 0.1) is 0 Å². The Bertz CT molecular complexity index is 420. The molecule has 2 heterocycles. The number of nitrogens with one attached hydrogen (secondary N) is 2. The molecule has 1 aromatic rings. The van der Waals surface area contributed by atoms with Crippen molar-refractivity contribution in [3.63, 3.8) is 0 Å². The van der Waals surface area contributed by atoms with Gasteiger partial charge in [-0.2, -0.15) is 0 Å². The number of hydrazine groups is 1. The molecule has 0 bridgehead atoms. The van der Waals surface area contributed by atoms with Crippen LogP contribution < -0.4 is 16.6 Å². The van der Waals surface area contributed by atoms with Crippen molar-refractivity contribution >= 4 is 11.6 Å². The Kier molecular flexibility index (Phi) is 4.55. The highest BCUT2D eigenvalue weighted by atomic mass is 15.3. The summed E-state index contributed by atoms with van der Waals surface area (Å²) in [5.41, 5.74) is 2.61. The van der Waals surface area contributed by atoms with E-state index in [1.807, 2.05) is 6.07 Å². The van der Waals surface area contributed by atoms with E-state index >= 15 is 0 Å². The average Bonchev–Trinajstić information content (AvgIpc) is 2.38. The zero-order chi connectivity index (χ0) is 13.8. The number of nitrogens with zero attached hydrogens (tertiary/aromatic N) is 3. The van der Waals surface area contributed by atoms with Crippen LogP contribution in [0, 0.1) is 0 Å². The molecule has 2 rings (SSSR count). The van der Waals surface area contributed by atoms with Crippen LogP contribution in [0.25, 0.3) is 0 Å². The Morgan fingerprint density at radius 2 is 2.11 bits per heavy atom. The first-order valence-corrected chi connectivity index (χ1v) is 6.89. The van der Waals surface area contributed by atoms with Crippen molar-refractivity contribution in [1.29, 1.82) is 0 Å². The standard InChI is InChI=1S/C13H24N6/c1-9(2)13-16-11(7-12(17-13)18-14)15-10-5-4-6-19(3)8-10/h7,9-10H,4-6,8,14H2,1-3H3,(H2,15,16,17,18). The largest absolute Gasteiger partial charge is 0.366 e. The second-order valence-electron chi connectivity index (χ2n) is 5.54. The predicted octanol–water partition coefficient (Wildman–Crippen LogP) is 1.39. The number of likely N-dealkylation sites (tertiary alicyclic amines) is 1. The molecule has 0 spiro atoms. The maximum atomic E-state index is 5.47. The Balaban J connectivity index is 2.12. The van der Waals surface area contributed by atoms with E-state index in [-0.39, 0.29) is 5.92 Å². The van der Waals surface area contributed by atoms with Crippen molar-refractivity contribution in [3.8, 4) is 0 Å². The second-order valence-corrected chi connectivity index (χ2v) is 5.54. The van der Waals surface area contributed by atoms with Gasteiger partial charge in [0, 0.05) is 24.6 Å². The van der Waals surface area contributed by atoms with Crippen molar-refractivity contribution in [3.05, 3.63) is 11.9 Å². The van der Waals surface area contributed by atoms with Gasteiger partial charge < -0.3 is 15.6 Å². The summed E-state index contributed by atoms with van der Waals surface area (Å²) in [5, 5.41) is 3.49. The molecule has 19 heavy (non-hydrogen) atoms. The predicted molar refractivity (Wildman–Crippen MR) is 78.1 cm³/mol. The molecule has 0 saturated carbocycles. The van der Waals surface area contributed by atoms with Crippen LogP contribution in [0.4, 0.5) is 11.6 Å². The van der Waals surface area contributed by atoms with Gasteiger partial charge in [0.15, 0.2) is 0 Å². The third-order valence-corrected chi connectivity index (χ3v) is 3.38. The van der Waals surface area contributed by atoms with Crippen molar-refractivity contribution in [2.24, 2.45) is 5.84 Å². The molecule has 1 aromatic heterocycles. The lowest BCUT2D eigenvalue weighted by Gasteiger charge is -2.30. The quantitative estimate of drug-likeness (QED) is 0.563. The molecule has 6 heteroatoms. The van der Waals surface area contributed by atoms with Gasteiger partial charge in [0.2, 0.25) is 0 Å². The molecule has 106 valence electrons. The minimum absolute atomic E-state index is 0.280. The molecule has 1 fully saturated rings.